The number of hydrogen-bond acceptors (Lipinski definition) is 4. The number of ether oxygens (including phenoxy) is 1. The van der Waals surface area contributed by atoms with Crippen molar-refractivity contribution in [3.63, 3.8) is 0 Å². The average Bonchev–Trinajstić information content (AvgIpc) is 2.55. The lowest BCUT2D eigenvalue weighted by Gasteiger charge is -2.32. The molecule has 2 atom stereocenters. The van der Waals surface area contributed by atoms with Gasteiger partial charge in [-0.1, -0.05) is 30.3 Å². The molecule has 0 aliphatic heterocycles. The van der Waals surface area contributed by atoms with Crippen LogP contribution in [0.4, 0.5) is 0 Å². The number of carbonyl (C=O) groups is 1. The van der Waals surface area contributed by atoms with Gasteiger partial charge in [-0.25, -0.2) is 4.21 Å². The molecule has 1 fully saturated rings. The van der Waals surface area contributed by atoms with E-state index in [9.17, 15) is 9.00 Å². The molecule has 2 unspecified atom stereocenters. The molecule has 0 amide bonds. The van der Waals surface area contributed by atoms with Crippen molar-refractivity contribution in [2.45, 2.75) is 64.1 Å². The first kappa shape index (κ1) is 19.1. The van der Waals surface area contributed by atoms with Gasteiger partial charge in [-0.3, -0.25) is 8.98 Å². The summed E-state index contributed by atoms with van der Waals surface area (Å²) < 4.78 is 22.2. The number of aryl methyl sites for hydroxylation is 1. The normalized spacial score (nSPS) is 23.4. The van der Waals surface area contributed by atoms with Gasteiger partial charge in [0.2, 0.25) is 0 Å². The standard InChI is InChI=1S/C19H28O4S/c1-15(20)22-19(10-6-9-16-7-4-3-5-8-16)17-11-13-18(14-12-17)23-24(2)21/h3-5,7-8,17-19H,6,9-14H2,1-2H3. The first-order chi connectivity index (χ1) is 11.5. The van der Waals surface area contributed by atoms with Gasteiger partial charge in [-0.2, -0.15) is 0 Å². The summed E-state index contributed by atoms with van der Waals surface area (Å²) in [5.41, 5.74) is 1.32. The summed E-state index contributed by atoms with van der Waals surface area (Å²) in [4.78, 5) is 11.5. The van der Waals surface area contributed by atoms with Crippen molar-refractivity contribution in [1.29, 1.82) is 0 Å². The third-order valence-electron chi connectivity index (χ3n) is 4.63. The predicted molar refractivity (Wildman–Crippen MR) is 95.8 cm³/mol. The van der Waals surface area contributed by atoms with Crippen LogP contribution in [-0.4, -0.2) is 28.6 Å². The molecule has 0 N–H and O–H groups in total. The van der Waals surface area contributed by atoms with Crippen molar-refractivity contribution in [2.75, 3.05) is 6.26 Å². The third kappa shape index (κ3) is 6.73. The molecule has 1 aliphatic carbocycles. The molecule has 0 bridgehead atoms. The van der Waals surface area contributed by atoms with E-state index in [1.54, 1.807) is 6.26 Å². The minimum Gasteiger partial charge on any atom is -0.462 e. The lowest BCUT2D eigenvalue weighted by atomic mass is 9.82. The Kier molecular flexibility index (Phi) is 7.92. The lowest BCUT2D eigenvalue weighted by molar-refractivity contribution is -0.150. The molecule has 1 aromatic carbocycles. The fraction of sp³-hybridized carbons (Fsp3) is 0.632. The van der Waals surface area contributed by atoms with Crippen LogP contribution < -0.4 is 0 Å². The minimum atomic E-state index is -1.21. The van der Waals surface area contributed by atoms with Crippen molar-refractivity contribution in [3.8, 4) is 0 Å². The molecule has 0 saturated heterocycles. The predicted octanol–water partition coefficient (Wildman–Crippen LogP) is 3.81. The minimum absolute atomic E-state index is 0.0145. The maximum absolute atomic E-state index is 11.5. The number of benzene rings is 1. The Morgan fingerprint density at radius 2 is 1.88 bits per heavy atom. The van der Waals surface area contributed by atoms with Crippen LogP contribution in [0.2, 0.25) is 0 Å². The van der Waals surface area contributed by atoms with Crippen molar-refractivity contribution in [3.05, 3.63) is 35.9 Å². The maximum atomic E-state index is 11.5. The fourth-order valence-electron chi connectivity index (χ4n) is 3.50. The molecule has 0 radical (unpaired) electrons. The third-order valence-corrected chi connectivity index (χ3v) is 5.17. The maximum Gasteiger partial charge on any atom is 0.302 e. The van der Waals surface area contributed by atoms with Gasteiger partial charge in [0.25, 0.3) is 0 Å². The smallest absolute Gasteiger partial charge is 0.302 e. The van der Waals surface area contributed by atoms with Gasteiger partial charge >= 0.3 is 5.97 Å². The summed E-state index contributed by atoms with van der Waals surface area (Å²) in [6.07, 6.45) is 8.25. The molecule has 24 heavy (non-hydrogen) atoms. The molecule has 134 valence electrons. The Morgan fingerprint density at radius 3 is 2.46 bits per heavy atom. The van der Waals surface area contributed by atoms with E-state index in [4.69, 9.17) is 8.92 Å². The van der Waals surface area contributed by atoms with Gasteiger partial charge in [-0.05, 0) is 56.4 Å². The molecule has 0 heterocycles. The Balaban J connectivity index is 1.82. The largest absolute Gasteiger partial charge is 0.462 e. The van der Waals surface area contributed by atoms with Crippen LogP contribution in [-0.2, 0) is 31.2 Å². The summed E-state index contributed by atoms with van der Waals surface area (Å²) in [6.45, 7) is 1.49. The summed E-state index contributed by atoms with van der Waals surface area (Å²) in [5.74, 6) is 0.183. The second kappa shape index (κ2) is 9.94. The number of hydrogen-bond donors (Lipinski definition) is 0. The Labute approximate surface area is 147 Å². The van der Waals surface area contributed by atoms with E-state index in [0.29, 0.717) is 5.92 Å². The zero-order valence-electron chi connectivity index (χ0n) is 14.6. The summed E-state index contributed by atoms with van der Waals surface area (Å²) in [6, 6.07) is 10.4. The number of rotatable bonds is 8. The van der Waals surface area contributed by atoms with Crippen LogP contribution in [0.1, 0.15) is 51.0 Å². The van der Waals surface area contributed by atoms with E-state index < -0.39 is 11.1 Å². The second-order valence-electron chi connectivity index (χ2n) is 6.56. The monoisotopic (exact) mass is 352 g/mol. The highest BCUT2D eigenvalue weighted by Gasteiger charge is 2.30. The molecule has 0 spiro atoms. The quantitative estimate of drug-likeness (QED) is 0.668. The van der Waals surface area contributed by atoms with Crippen LogP contribution in [0.3, 0.4) is 0 Å². The highest BCUT2D eigenvalue weighted by molar-refractivity contribution is 7.79. The van der Waals surface area contributed by atoms with Gasteiger partial charge in [0.15, 0.2) is 11.1 Å². The second-order valence-corrected chi connectivity index (χ2v) is 7.56. The zero-order chi connectivity index (χ0) is 17.4. The van der Waals surface area contributed by atoms with Gasteiger partial charge in [0, 0.05) is 13.2 Å². The summed E-state index contributed by atoms with van der Waals surface area (Å²) in [5, 5.41) is 0. The first-order valence-electron chi connectivity index (χ1n) is 8.76. The molecule has 2 rings (SSSR count). The molecular formula is C19H28O4S. The van der Waals surface area contributed by atoms with Gasteiger partial charge in [0.1, 0.15) is 6.10 Å². The highest BCUT2D eigenvalue weighted by atomic mass is 32.2. The van der Waals surface area contributed by atoms with Crippen LogP contribution in [0, 0.1) is 5.92 Å². The molecule has 1 saturated carbocycles. The van der Waals surface area contributed by atoms with E-state index >= 15 is 0 Å². The number of carbonyl (C=O) groups excluding carboxylic acids is 1. The lowest BCUT2D eigenvalue weighted by Crippen LogP contribution is -2.32. The van der Waals surface area contributed by atoms with Gasteiger partial charge in [-0.15, -0.1) is 0 Å². The van der Waals surface area contributed by atoms with E-state index in [2.05, 4.69) is 24.3 Å². The molecule has 5 heteroatoms. The highest BCUT2D eigenvalue weighted by Crippen LogP contribution is 2.32. The molecule has 1 aliphatic rings. The van der Waals surface area contributed by atoms with E-state index in [0.717, 1.165) is 44.9 Å². The van der Waals surface area contributed by atoms with Crippen molar-refractivity contribution in [1.82, 2.24) is 0 Å². The van der Waals surface area contributed by atoms with Crippen molar-refractivity contribution < 1.29 is 17.9 Å². The SMILES string of the molecule is CC(=O)OC(CCCc1ccccc1)C1CCC(OS(C)=O)CC1. The zero-order valence-corrected chi connectivity index (χ0v) is 15.4. The average molecular weight is 352 g/mol. The van der Waals surface area contributed by atoms with Crippen molar-refractivity contribution >= 4 is 17.0 Å². The van der Waals surface area contributed by atoms with Crippen LogP contribution in [0.15, 0.2) is 30.3 Å². The first-order valence-corrected chi connectivity index (χ1v) is 10.2. The van der Waals surface area contributed by atoms with Gasteiger partial charge < -0.3 is 4.74 Å². The van der Waals surface area contributed by atoms with E-state index in [1.807, 2.05) is 6.07 Å². The number of esters is 1. The topological polar surface area (TPSA) is 52.6 Å². The Bertz CT molecular complexity index is 523. The Morgan fingerprint density at radius 1 is 1.21 bits per heavy atom. The van der Waals surface area contributed by atoms with Crippen LogP contribution in [0.25, 0.3) is 0 Å². The molecule has 1 aromatic rings. The van der Waals surface area contributed by atoms with Crippen molar-refractivity contribution in [2.24, 2.45) is 5.92 Å². The van der Waals surface area contributed by atoms with Crippen LogP contribution >= 0.6 is 0 Å². The fourth-order valence-corrected chi connectivity index (χ4v) is 4.08. The Hall–Kier alpha value is -1.20. The van der Waals surface area contributed by atoms with E-state index in [-0.39, 0.29) is 18.2 Å². The summed E-state index contributed by atoms with van der Waals surface area (Å²) in [7, 11) is 0. The van der Waals surface area contributed by atoms with Gasteiger partial charge in [0.05, 0.1) is 6.10 Å². The van der Waals surface area contributed by atoms with E-state index in [1.165, 1.54) is 12.5 Å². The molecule has 0 aromatic heterocycles. The van der Waals surface area contributed by atoms with Crippen LogP contribution in [0.5, 0.6) is 0 Å². The molecule has 4 nitrogen and oxygen atoms in total. The molecular weight excluding hydrogens is 324 g/mol. The summed E-state index contributed by atoms with van der Waals surface area (Å²) >= 11 is -1.21.